The van der Waals surface area contributed by atoms with E-state index in [4.69, 9.17) is 4.74 Å². The summed E-state index contributed by atoms with van der Waals surface area (Å²) in [7, 11) is 1.38. The lowest BCUT2D eigenvalue weighted by molar-refractivity contribution is 0.0592. The Morgan fingerprint density at radius 3 is 2.61 bits per heavy atom. The van der Waals surface area contributed by atoms with E-state index in [9.17, 15) is 4.79 Å². The Morgan fingerprint density at radius 1 is 1.39 bits per heavy atom. The highest BCUT2D eigenvalue weighted by Gasteiger charge is 2.26. The van der Waals surface area contributed by atoms with E-state index < -0.39 is 0 Å². The average molecular weight is 251 g/mol. The first kappa shape index (κ1) is 13.1. The Bertz CT molecular complexity index is 420. The normalized spacial score (nSPS) is 23.9. The highest BCUT2D eigenvalue weighted by atomic mass is 16.5. The molecule has 1 aliphatic rings. The summed E-state index contributed by atoms with van der Waals surface area (Å²) < 4.78 is 6.68. The number of hydrogen-bond donors (Lipinski definition) is 0. The molecule has 0 unspecified atom stereocenters. The molecular formula is C13H21N3O2. The first-order chi connectivity index (χ1) is 8.67. The van der Waals surface area contributed by atoms with Crippen molar-refractivity contribution >= 4 is 5.97 Å². The number of carbonyl (C=O) groups is 1. The van der Waals surface area contributed by atoms with E-state index in [0.29, 0.717) is 11.7 Å². The topological polar surface area (TPSA) is 57.0 Å². The monoisotopic (exact) mass is 251 g/mol. The minimum atomic E-state index is -0.387. The van der Waals surface area contributed by atoms with Crippen LogP contribution in [0.3, 0.4) is 0 Å². The van der Waals surface area contributed by atoms with Crippen molar-refractivity contribution in [3.8, 4) is 0 Å². The van der Waals surface area contributed by atoms with Crippen molar-refractivity contribution < 1.29 is 9.53 Å². The number of ether oxygens (including phenoxy) is 1. The largest absolute Gasteiger partial charge is 0.464 e. The molecule has 0 amide bonds. The van der Waals surface area contributed by atoms with Crippen LogP contribution in [-0.4, -0.2) is 28.1 Å². The summed E-state index contributed by atoms with van der Waals surface area (Å²) >= 11 is 0. The predicted octanol–water partition coefficient (Wildman–Crippen LogP) is 2.38. The fourth-order valence-corrected chi connectivity index (χ4v) is 2.68. The van der Waals surface area contributed by atoms with Crippen LogP contribution in [0, 0.1) is 5.92 Å². The van der Waals surface area contributed by atoms with Gasteiger partial charge in [0, 0.05) is 0 Å². The number of nitrogens with zero attached hydrogens (tertiary/aromatic N) is 3. The molecular weight excluding hydrogens is 230 g/mol. The van der Waals surface area contributed by atoms with Crippen molar-refractivity contribution in [2.75, 3.05) is 7.11 Å². The molecule has 0 aliphatic heterocycles. The molecule has 0 bridgehead atoms. The van der Waals surface area contributed by atoms with Gasteiger partial charge in [0.2, 0.25) is 0 Å². The molecule has 1 aromatic rings. The van der Waals surface area contributed by atoms with Gasteiger partial charge in [-0.05, 0) is 38.0 Å². The standard InChI is InChI=1S/C13H21N3O2/c1-4-11-12(13(17)18-3)14-15-16(11)10-7-5-9(2)6-8-10/h9-10H,4-8H2,1-3H3. The third-order valence-corrected chi connectivity index (χ3v) is 3.84. The second-order valence-corrected chi connectivity index (χ2v) is 5.09. The Hall–Kier alpha value is -1.39. The van der Waals surface area contributed by atoms with Gasteiger partial charge < -0.3 is 4.74 Å². The van der Waals surface area contributed by atoms with Crippen LogP contribution in [0.25, 0.3) is 0 Å². The zero-order valence-electron chi connectivity index (χ0n) is 11.3. The van der Waals surface area contributed by atoms with Crippen LogP contribution in [0.1, 0.15) is 61.8 Å². The zero-order chi connectivity index (χ0) is 13.1. The zero-order valence-corrected chi connectivity index (χ0v) is 11.3. The average Bonchev–Trinajstić information content (AvgIpc) is 2.82. The fraction of sp³-hybridized carbons (Fsp3) is 0.769. The van der Waals surface area contributed by atoms with Gasteiger partial charge in [0.25, 0.3) is 0 Å². The second kappa shape index (κ2) is 5.50. The molecule has 5 heteroatoms. The van der Waals surface area contributed by atoms with Crippen LogP contribution in [0.15, 0.2) is 0 Å². The number of aromatic nitrogens is 3. The fourth-order valence-electron chi connectivity index (χ4n) is 2.68. The van der Waals surface area contributed by atoms with Crippen LogP contribution < -0.4 is 0 Å². The summed E-state index contributed by atoms with van der Waals surface area (Å²) in [6.07, 6.45) is 5.45. The van der Waals surface area contributed by atoms with Gasteiger partial charge >= 0.3 is 5.97 Å². The van der Waals surface area contributed by atoms with Crippen LogP contribution in [0.5, 0.6) is 0 Å². The number of esters is 1. The lowest BCUT2D eigenvalue weighted by atomic mass is 9.87. The van der Waals surface area contributed by atoms with E-state index in [1.807, 2.05) is 11.6 Å². The maximum absolute atomic E-state index is 11.6. The lowest BCUT2D eigenvalue weighted by Crippen LogP contribution is -2.20. The smallest absolute Gasteiger partial charge is 0.360 e. The highest BCUT2D eigenvalue weighted by molar-refractivity contribution is 5.88. The predicted molar refractivity (Wildman–Crippen MR) is 67.4 cm³/mol. The van der Waals surface area contributed by atoms with Crippen molar-refractivity contribution in [3.05, 3.63) is 11.4 Å². The molecule has 18 heavy (non-hydrogen) atoms. The van der Waals surface area contributed by atoms with Gasteiger partial charge in [0.15, 0.2) is 5.69 Å². The molecule has 1 aliphatic carbocycles. The summed E-state index contributed by atoms with van der Waals surface area (Å²) in [5, 5.41) is 8.16. The molecule has 2 rings (SSSR count). The van der Waals surface area contributed by atoms with Crippen LogP contribution >= 0.6 is 0 Å². The van der Waals surface area contributed by atoms with Gasteiger partial charge in [0.05, 0.1) is 18.8 Å². The highest BCUT2D eigenvalue weighted by Crippen LogP contribution is 2.32. The van der Waals surface area contributed by atoms with E-state index in [1.54, 1.807) is 0 Å². The van der Waals surface area contributed by atoms with E-state index >= 15 is 0 Å². The molecule has 0 radical (unpaired) electrons. The maximum atomic E-state index is 11.6. The first-order valence-electron chi connectivity index (χ1n) is 6.69. The number of rotatable bonds is 3. The summed E-state index contributed by atoms with van der Waals surface area (Å²) in [5.41, 5.74) is 1.28. The minimum Gasteiger partial charge on any atom is -0.464 e. The van der Waals surface area contributed by atoms with Crippen molar-refractivity contribution in [1.29, 1.82) is 0 Å². The Kier molecular flexibility index (Phi) is 3.99. The molecule has 100 valence electrons. The quantitative estimate of drug-likeness (QED) is 0.774. The number of methoxy groups -OCH3 is 1. The second-order valence-electron chi connectivity index (χ2n) is 5.09. The van der Waals surface area contributed by atoms with Crippen LogP contribution in [-0.2, 0) is 11.2 Å². The van der Waals surface area contributed by atoms with E-state index in [0.717, 1.165) is 30.9 Å². The van der Waals surface area contributed by atoms with Gasteiger partial charge in [0.1, 0.15) is 0 Å². The molecule has 0 saturated heterocycles. The summed E-state index contributed by atoms with van der Waals surface area (Å²) in [6.45, 7) is 4.31. The van der Waals surface area contributed by atoms with Crippen LogP contribution in [0.4, 0.5) is 0 Å². The van der Waals surface area contributed by atoms with Gasteiger partial charge in [-0.25, -0.2) is 9.48 Å². The van der Waals surface area contributed by atoms with E-state index in [-0.39, 0.29) is 5.97 Å². The minimum absolute atomic E-state index is 0.374. The molecule has 1 fully saturated rings. The Labute approximate surface area is 108 Å². The molecule has 1 aromatic heterocycles. The number of hydrogen-bond acceptors (Lipinski definition) is 4. The lowest BCUT2D eigenvalue weighted by Gasteiger charge is -2.27. The summed E-state index contributed by atoms with van der Waals surface area (Å²) in [6, 6.07) is 0.391. The van der Waals surface area contributed by atoms with Crippen molar-refractivity contribution in [1.82, 2.24) is 15.0 Å². The van der Waals surface area contributed by atoms with Crippen LogP contribution in [0.2, 0.25) is 0 Å². The van der Waals surface area contributed by atoms with Crippen molar-refractivity contribution in [2.45, 2.75) is 52.0 Å². The molecule has 0 atom stereocenters. The van der Waals surface area contributed by atoms with Crippen molar-refractivity contribution in [2.24, 2.45) is 5.92 Å². The summed E-state index contributed by atoms with van der Waals surface area (Å²) in [5.74, 6) is 0.414. The van der Waals surface area contributed by atoms with Gasteiger partial charge in [-0.1, -0.05) is 19.1 Å². The SMILES string of the molecule is CCc1c(C(=O)OC)nnn1C1CCC(C)CC1. The van der Waals surface area contributed by atoms with Gasteiger partial charge in [-0.2, -0.15) is 0 Å². The molecule has 5 nitrogen and oxygen atoms in total. The molecule has 1 heterocycles. The van der Waals surface area contributed by atoms with E-state index in [1.165, 1.54) is 20.0 Å². The van der Waals surface area contributed by atoms with Gasteiger partial charge in [-0.3, -0.25) is 0 Å². The Balaban J connectivity index is 2.23. The summed E-state index contributed by atoms with van der Waals surface area (Å²) in [4.78, 5) is 11.6. The van der Waals surface area contributed by atoms with E-state index in [2.05, 4.69) is 17.2 Å². The molecule has 0 N–H and O–H groups in total. The Morgan fingerprint density at radius 2 is 2.06 bits per heavy atom. The number of carbonyl (C=O) groups excluding carboxylic acids is 1. The third-order valence-electron chi connectivity index (χ3n) is 3.84. The third kappa shape index (κ3) is 2.40. The molecule has 1 saturated carbocycles. The molecule has 0 spiro atoms. The van der Waals surface area contributed by atoms with Gasteiger partial charge in [-0.15, -0.1) is 5.10 Å². The first-order valence-corrected chi connectivity index (χ1v) is 6.69. The maximum Gasteiger partial charge on any atom is 0.360 e. The van der Waals surface area contributed by atoms with Crippen molar-refractivity contribution in [3.63, 3.8) is 0 Å². The molecule has 0 aromatic carbocycles.